The molecule has 0 amide bonds. The highest BCUT2D eigenvalue weighted by atomic mass is 16.6. The highest BCUT2D eigenvalue weighted by Crippen LogP contribution is 2.75. The molecule has 0 aromatic carbocycles. The topological polar surface area (TPSA) is 154 Å². The van der Waals surface area contributed by atoms with Crippen LogP contribution in [0.5, 0.6) is 0 Å². The van der Waals surface area contributed by atoms with E-state index in [1.165, 1.54) is 7.11 Å². The van der Waals surface area contributed by atoms with Crippen LogP contribution in [0.4, 0.5) is 0 Å². The molecule has 5 aliphatic carbocycles. The van der Waals surface area contributed by atoms with Gasteiger partial charge in [0.05, 0.1) is 17.9 Å². The number of aliphatic carboxylic acids is 1. The number of hydrogen-bond donors (Lipinski definition) is 1. The second-order valence-electron chi connectivity index (χ2n) is 19.0. The molecule has 1 N–H and O–H groups in total. The normalized spacial score (nSPS) is 43.8. The van der Waals surface area contributed by atoms with E-state index in [0.29, 0.717) is 57.3 Å². The average molecular weight is 738 g/mol. The molecule has 11 heteroatoms. The summed E-state index contributed by atoms with van der Waals surface area (Å²) in [5, 5.41) is 10.3. The van der Waals surface area contributed by atoms with Crippen LogP contribution in [0.25, 0.3) is 0 Å². The van der Waals surface area contributed by atoms with E-state index in [2.05, 4.69) is 32.6 Å². The molecule has 1 aliphatic heterocycles. The number of carboxylic acids is 1. The Bertz CT molecular complexity index is 1790. The molecule has 292 valence electrons. The predicted molar refractivity (Wildman–Crippen MR) is 193 cm³/mol. The van der Waals surface area contributed by atoms with E-state index < -0.39 is 45.5 Å². The molecule has 1 saturated heterocycles. The number of carbonyl (C=O) groups excluding carboxylic acids is 3. The largest absolute Gasteiger partial charge is 0.519 e. The summed E-state index contributed by atoms with van der Waals surface area (Å²) in [4.78, 5) is 69.6. The van der Waals surface area contributed by atoms with Crippen molar-refractivity contribution < 1.29 is 42.6 Å². The van der Waals surface area contributed by atoms with Crippen LogP contribution in [-0.2, 0) is 41.7 Å². The number of ketones is 1. The Morgan fingerprint density at radius 2 is 1.62 bits per heavy atom. The average Bonchev–Trinajstić information content (AvgIpc) is 3.74. The van der Waals surface area contributed by atoms with Crippen molar-refractivity contribution in [3.05, 3.63) is 33.8 Å². The zero-order valence-corrected chi connectivity index (χ0v) is 32.9. The fourth-order valence-corrected chi connectivity index (χ4v) is 13.4. The molecule has 5 fully saturated rings. The minimum atomic E-state index is -1.11. The number of ether oxygens (including phenoxy) is 2. The second-order valence-corrected chi connectivity index (χ2v) is 19.0. The van der Waals surface area contributed by atoms with E-state index in [1.807, 2.05) is 26.8 Å². The van der Waals surface area contributed by atoms with Gasteiger partial charge in [0.2, 0.25) is 0 Å². The van der Waals surface area contributed by atoms with Crippen LogP contribution in [-0.4, -0.2) is 59.4 Å². The van der Waals surface area contributed by atoms with Gasteiger partial charge < -0.3 is 23.4 Å². The van der Waals surface area contributed by atoms with Crippen LogP contribution >= 0.6 is 0 Å². The first kappa shape index (κ1) is 38.1. The van der Waals surface area contributed by atoms with Gasteiger partial charge in [-0.05, 0) is 131 Å². The molecule has 0 spiro atoms. The van der Waals surface area contributed by atoms with Gasteiger partial charge in [-0.2, -0.15) is 0 Å². The third kappa shape index (κ3) is 5.31. The van der Waals surface area contributed by atoms with E-state index >= 15 is 4.79 Å². The summed E-state index contributed by atoms with van der Waals surface area (Å²) in [7, 11) is 1.40. The van der Waals surface area contributed by atoms with Crippen molar-refractivity contribution in [2.75, 3.05) is 13.7 Å². The summed E-state index contributed by atoms with van der Waals surface area (Å²) in [5.74, 6) is -2.32. The molecule has 4 saturated carbocycles. The van der Waals surface area contributed by atoms with Gasteiger partial charge in [-0.3, -0.25) is 24.1 Å². The van der Waals surface area contributed by atoms with Gasteiger partial charge in [-0.15, -0.1) is 0 Å². The highest BCUT2D eigenvalue weighted by molar-refractivity contribution is 5.96. The van der Waals surface area contributed by atoms with Crippen LogP contribution in [0.3, 0.4) is 0 Å². The number of nitrogens with zero attached hydrogens (tertiary/aromatic N) is 1. The fourth-order valence-electron chi connectivity index (χ4n) is 13.4. The first-order valence-corrected chi connectivity index (χ1v) is 19.9. The Balaban J connectivity index is 1.29. The van der Waals surface area contributed by atoms with Crippen molar-refractivity contribution >= 4 is 23.7 Å². The van der Waals surface area contributed by atoms with Gasteiger partial charge in [0.25, 0.3) is 0 Å². The van der Waals surface area contributed by atoms with Crippen LogP contribution in [0.15, 0.2) is 25.3 Å². The molecular weight excluding hydrogens is 678 g/mol. The van der Waals surface area contributed by atoms with E-state index in [9.17, 15) is 24.3 Å². The maximum absolute atomic E-state index is 15.0. The second kappa shape index (κ2) is 12.7. The number of aryl methyl sites for hydroxylation is 1. The Morgan fingerprint density at radius 3 is 2.30 bits per heavy atom. The zero-order valence-electron chi connectivity index (χ0n) is 32.9. The monoisotopic (exact) mass is 737 g/mol. The van der Waals surface area contributed by atoms with Crippen LogP contribution in [0.2, 0.25) is 0 Å². The summed E-state index contributed by atoms with van der Waals surface area (Å²) in [5.41, 5.74) is -2.13. The molecular formula is C42H59NO10. The van der Waals surface area contributed by atoms with Crippen molar-refractivity contribution in [2.45, 2.75) is 144 Å². The fraction of sp³-hybridized carbons (Fsp3) is 0.786. The maximum atomic E-state index is 15.0. The van der Waals surface area contributed by atoms with E-state index in [4.69, 9.17) is 18.3 Å². The zero-order chi connectivity index (χ0) is 38.5. The smallest absolute Gasteiger partial charge is 0.481 e. The number of esters is 2. The first-order chi connectivity index (χ1) is 24.8. The molecule has 1 aromatic heterocycles. The van der Waals surface area contributed by atoms with Gasteiger partial charge in [-0.25, -0.2) is 4.79 Å². The summed E-state index contributed by atoms with van der Waals surface area (Å²) >= 11 is 0. The van der Waals surface area contributed by atoms with Gasteiger partial charge in [0, 0.05) is 18.4 Å². The summed E-state index contributed by atoms with van der Waals surface area (Å²) in [6, 6.07) is -0.809. The summed E-state index contributed by atoms with van der Waals surface area (Å²) < 4.78 is 21.8. The van der Waals surface area contributed by atoms with Gasteiger partial charge >= 0.3 is 23.7 Å². The third-order valence-electron chi connectivity index (χ3n) is 16.7. The number of allylic oxidation sites excluding steroid dienone is 2. The Labute approximate surface area is 312 Å². The summed E-state index contributed by atoms with van der Waals surface area (Å²) in [6.45, 7) is 15.2. The number of rotatable bonds is 7. The maximum Gasteiger partial charge on any atom is 0.519 e. The Morgan fingerprint density at radius 1 is 0.925 bits per heavy atom. The van der Waals surface area contributed by atoms with Crippen LogP contribution in [0.1, 0.15) is 131 Å². The molecule has 11 nitrogen and oxygen atoms in total. The number of hydrogen-bond acceptors (Lipinski definition) is 10. The molecule has 1 aromatic rings. The van der Waals surface area contributed by atoms with Gasteiger partial charge in [-0.1, -0.05) is 40.2 Å². The molecule has 0 bridgehead atoms. The molecule has 53 heavy (non-hydrogen) atoms. The van der Waals surface area contributed by atoms with Crippen molar-refractivity contribution in [3.63, 3.8) is 0 Å². The number of carboxylic acid groups (broad SMARTS) is 1. The van der Waals surface area contributed by atoms with Crippen molar-refractivity contribution in [1.82, 2.24) is 4.90 Å². The standard InChI is InChI=1S/C42H59NO10/c1-9-28-29(53-36(49)52-28)23-51-35(48)42(7)30-12-15-41(6)32(39(30,4)14-13-31(42)43-20-10-11-26(43)33(45)50-8)27(44)21-24-25-22-38(3,34(46)47)17-16-37(25,2)18-19-40(24,41)5/h21,25-26,30-32H,9-20,22-23H2,1-8H3,(H,46,47)/t25-,26-,30+,31-,32+,37+,38-,39-,40+,41+,42-/m0/s1. The molecule has 0 radical (unpaired) electrons. The molecule has 11 atom stereocenters. The lowest BCUT2D eigenvalue weighted by molar-refractivity contribution is -0.213. The number of likely N-dealkylation sites (tertiary alicyclic amines) is 1. The third-order valence-corrected chi connectivity index (χ3v) is 16.7. The summed E-state index contributed by atoms with van der Waals surface area (Å²) in [6.07, 6.45) is 10.4. The number of fused-ring (bicyclic) bond motifs is 7. The molecule has 2 heterocycles. The molecule has 7 rings (SSSR count). The Hall–Kier alpha value is -3.21. The van der Waals surface area contributed by atoms with Crippen LogP contribution < -0.4 is 5.82 Å². The SMILES string of the molecule is CCc1oc(=O)oc1COC(=O)[C@]1(C)[C@@H](N2CCC[C@H]2C(=O)OC)CC[C@@]2(C)[C@H]1CC[C@]1(C)[C@@H]2C(=O)C=C2[C@@H]3C[C@@](C)(C(=O)O)CC[C@]3(C)CC[C@]21C. The van der Waals surface area contributed by atoms with Crippen LogP contribution in [0, 0.1) is 50.2 Å². The first-order valence-electron chi connectivity index (χ1n) is 19.9. The van der Waals surface area contributed by atoms with Gasteiger partial charge in [0.15, 0.2) is 23.9 Å². The minimum absolute atomic E-state index is 0.0146. The molecule has 6 aliphatic rings. The van der Waals surface area contributed by atoms with Gasteiger partial charge in [0.1, 0.15) is 6.04 Å². The lowest BCUT2D eigenvalue weighted by Crippen LogP contribution is -2.70. The highest BCUT2D eigenvalue weighted by Gasteiger charge is 2.72. The minimum Gasteiger partial charge on any atom is -0.481 e. The molecule has 0 unspecified atom stereocenters. The van der Waals surface area contributed by atoms with E-state index in [-0.39, 0.29) is 58.7 Å². The predicted octanol–water partition coefficient (Wildman–Crippen LogP) is 6.89. The lowest BCUT2D eigenvalue weighted by Gasteiger charge is -2.70. The van der Waals surface area contributed by atoms with Crippen molar-refractivity contribution in [1.29, 1.82) is 0 Å². The quantitative estimate of drug-likeness (QED) is 0.291. The van der Waals surface area contributed by atoms with E-state index in [1.54, 1.807) is 0 Å². The lowest BCUT2D eigenvalue weighted by atomic mass is 9.33. The van der Waals surface area contributed by atoms with Crippen molar-refractivity contribution in [3.8, 4) is 0 Å². The van der Waals surface area contributed by atoms with Crippen molar-refractivity contribution in [2.24, 2.45) is 50.2 Å². The Kier molecular flexibility index (Phi) is 9.10. The number of carbonyl (C=O) groups is 4. The number of methoxy groups -OCH3 is 1. The van der Waals surface area contributed by atoms with E-state index in [0.717, 1.165) is 37.7 Å².